The van der Waals surface area contributed by atoms with Crippen molar-refractivity contribution < 1.29 is 14.4 Å². The third-order valence-electron chi connectivity index (χ3n) is 3.80. The number of thioether (sulfide) groups is 1. The molecule has 3 amide bonds. The van der Waals surface area contributed by atoms with Crippen molar-refractivity contribution in [3.05, 3.63) is 35.9 Å². The van der Waals surface area contributed by atoms with E-state index in [-0.39, 0.29) is 17.7 Å². The maximum atomic E-state index is 12.1. The zero-order valence-electron chi connectivity index (χ0n) is 14.7. The van der Waals surface area contributed by atoms with Crippen LogP contribution < -0.4 is 10.6 Å². The molecule has 0 aromatic heterocycles. The highest BCUT2D eigenvalue weighted by Crippen LogP contribution is 2.40. The van der Waals surface area contributed by atoms with Gasteiger partial charge in [-0.1, -0.05) is 42.1 Å². The molecule has 8 heteroatoms. The number of hydrazone groups is 1. The van der Waals surface area contributed by atoms with Crippen LogP contribution in [0.1, 0.15) is 33.3 Å². The van der Waals surface area contributed by atoms with Crippen molar-refractivity contribution in [1.82, 2.24) is 15.6 Å². The SMILES string of the molecule is CC(=O)NC1=NN(C(C)=O)C(C)(C(Cc2ccccc2)NC(C)=O)S1. The number of hydrogen-bond acceptors (Lipinski definition) is 5. The van der Waals surface area contributed by atoms with Gasteiger partial charge in [0.05, 0.1) is 6.04 Å². The molecule has 2 N–H and O–H groups in total. The van der Waals surface area contributed by atoms with Gasteiger partial charge < -0.3 is 10.6 Å². The lowest BCUT2D eigenvalue weighted by Gasteiger charge is -2.38. The Morgan fingerprint density at radius 3 is 2.32 bits per heavy atom. The molecule has 134 valence electrons. The molecule has 0 saturated carbocycles. The molecule has 0 fully saturated rings. The molecule has 0 aliphatic carbocycles. The molecule has 2 rings (SSSR count). The Labute approximate surface area is 151 Å². The van der Waals surface area contributed by atoms with Crippen LogP contribution in [0.2, 0.25) is 0 Å². The van der Waals surface area contributed by atoms with Crippen LogP contribution >= 0.6 is 11.8 Å². The van der Waals surface area contributed by atoms with Crippen LogP contribution in [-0.2, 0) is 20.8 Å². The molecule has 2 unspecified atom stereocenters. The highest BCUT2D eigenvalue weighted by molar-refractivity contribution is 8.15. The first-order chi connectivity index (χ1) is 11.7. The second kappa shape index (κ2) is 7.69. The summed E-state index contributed by atoms with van der Waals surface area (Å²) in [5.41, 5.74) is 1.03. The number of carbonyl (C=O) groups excluding carboxylic acids is 3. The van der Waals surface area contributed by atoms with Crippen LogP contribution in [0.4, 0.5) is 0 Å². The summed E-state index contributed by atoms with van der Waals surface area (Å²) in [4.78, 5) is 34.4. The quantitative estimate of drug-likeness (QED) is 0.848. The minimum Gasteiger partial charge on any atom is -0.350 e. The van der Waals surface area contributed by atoms with Gasteiger partial charge in [0.2, 0.25) is 17.7 Å². The third-order valence-corrected chi connectivity index (χ3v) is 5.05. The molecule has 0 radical (unpaired) electrons. The van der Waals surface area contributed by atoms with Gasteiger partial charge in [-0.2, -0.15) is 0 Å². The Hall–Kier alpha value is -2.35. The Kier molecular flexibility index (Phi) is 5.84. The lowest BCUT2D eigenvalue weighted by Crippen LogP contribution is -2.57. The van der Waals surface area contributed by atoms with E-state index in [1.165, 1.54) is 37.5 Å². The smallest absolute Gasteiger partial charge is 0.241 e. The molecule has 1 aliphatic rings. The average Bonchev–Trinajstić information content (AvgIpc) is 2.84. The van der Waals surface area contributed by atoms with Crippen molar-refractivity contribution in [2.75, 3.05) is 0 Å². The zero-order valence-corrected chi connectivity index (χ0v) is 15.5. The molecule has 0 bridgehead atoms. The van der Waals surface area contributed by atoms with Gasteiger partial charge in [-0.15, -0.1) is 5.10 Å². The minimum atomic E-state index is -0.856. The number of benzene rings is 1. The number of carbonyl (C=O) groups is 3. The Morgan fingerprint density at radius 2 is 1.80 bits per heavy atom. The van der Waals surface area contributed by atoms with E-state index in [0.29, 0.717) is 11.6 Å². The topological polar surface area (TPSA) is 90.9 Å². The minimum absolute atomic E-state index is 0.195. The van der Waals surface area contributed by atoms with Crippen LogP contribution in [0.3, 0.4) is 0 Å². The van der Waals surface area contributed by atoms with Crippen molar-refractivity contribution in [3.8, 4) is 0 Å². The first-order valence-corrected chi connectivity index (χ1v) is 8.71. The molecule has 1 aromatic rings. The Balaban J connectivity index is 2.34. The fourth-order valence-electron chi connectivity index (χ4n) is 2.72. The van der Waals surface area contributed by atoms with Gasteiger partial charge in [-0.05, 0) is 18.9 Å². The maximum absolute atomic E-state index is 12.1. The van der Waals surface area contributed by atoms with Crippen molar-refractivity contribution in [1.29, 1.82) is 0 Å². The van der Waals surface area contributed by atoms with E-state index in [1.54, 1.807) is 0 Å². The molecule has 7 nitrogen and oxygen atoms in total. The molecule has 1 aliphatic heterocycles. The highest BCUT2D eigenvalue weighted by Gasteiger charge is 2.48. The predicted molar refractivity (Wildman–Crippen MR) is 97.5 cm³/mol. The number of amidine groups is 1. The normalized spacial score (nSPS) is 20.6. The number of hydrogen-bond donors (Lipinski definition) is 2. The number of nitrogens with zero attached hydrogens (tertiary/aromatic N) is 2. The van der Waals surface area contributed by atoms with E-state index in [9.17, 15) is 14.4 Å². The van der Waals surface area contributed by atoms with E-state index >= 15 is 0 Å². The van der Waals surface area contributed by atoms with E-state index in [4.69, 9.17) is 0 Å². The zero-order chi connectivity index (χ0) is 18.6. The van der Waals surface area contributed by atoms with Crippen LogP contribution in [0, 0.1) is 0 Å². The second-order valence-corrected chi connectivity index (χ2v) is 7.43. The molecule has 2 atom stereocenters. The summed E-state index contributed by atoms with van der Waals surface area (Å²) < 4.78 is 0. The van der Waals surface area contributed by atoms with Gasteiger partial charge in [0, 0.05) is 20.8 Å². The summed E-state index contributed by atoms with van der Waals surface area (Å²) in [5.74, 6) is -0.726. The van der Waals surface area contributed by atoms with Gasteiger partial charge in [-0.25, -0.2) is 5.01 Å². The van der Waals surface area contributed by atoms with Crippen molar-refractivity contribution in [2.45, 2.75) is 45.0 Å². The number of rotatable bonds is 4. The fourth-order valence-corrected chi connectivity index (χ4v) is 3.97. The van der Waals surface area contributed by atoms with Crippen molar-refractivity contribution >= 4 is 34.7 Å². The van der Waals surface area contributed by atoms with Gasteiger partial charge in [0.1, 0.15) is 4.87 Å². The van der Waals surface area contributed by atoms with Crippen LogP contribution in [0.25, 0.3) is 0 Å². The van der Waals surface area contributed by atoms with Crippen LogP contribution in [0.5, 0.6) is 0 Å². The van der Waals surface area contributed by atoms with Gasteiger partial charge in [-0.3, -0.25) is 14.4 Å². The number of amides is 3. The maximum Gasteiger partial charge on any atom is 0.241 e. The lowest BCUT2D eigenvalue weighted by molar-refractivity contribution is -0.133. The summed E-state index contributed by atoms with van der Waals surface area (Å²) in [6.07, 6.45) is 0.524. The van der Waals surface area contributed by atoms with E-state index in [0.717, 1.165) is 5.56 Å². The van der Waals surface area contributed by atoms with Crippen LogP contribution in [0.15, 0.2) is 35.4 Å². The van der Waals surface area contributed by atoms with Gasteiger partial charge >= 0.3 is 0 Å². The summed E-state index contributed by atoms with van der Waals surface area (Å²) in [5, 5.41) is 11.4. The van der Waals surface area contributed by atoms with Gasteiger partial charge in [0.15, 0.2) is 5.17 Å². The summed E-state index contributed by atoms with van der Waals surface area (Å²) in [6, 6.07) is 9.30. The summed E-state index contributed by atoms with van der Waals surface area (Å²) in [6.45, 7) is 6.06. The van der Waals surface area contributed by atoms with E-state index < -0.39 is 10.9 Å². The van der Waals surface area contributed by atoms with Gasteiger partial charge in [0.25, 0.3) is 0 Å². The van der Waals surface area contributed by atoms with E-state index in [2.05, 4.69) is 15.7 Å². The monoisotopic (exact) mass is 362 g/mol. The highest BCUT2D eigenvalue weighted by atomic mass is 32.2. The molecule has 1 aromatic carbocycles. The van der Waals surface area contributed by atoms with Crippen molar-refractivity contribution in [2.24, 2.45) is 5.10 Å². The molecular weight excluding hydrogens is 340 g/mol. The molecule has 1 heterocycles. The molecule has 0 saturated heterocycles. The second-order valence-electron chi connectivity index (χ2n) is 6.02. The standard InChI is InChI=1S/C17H22N4O3S/c1-11(22)18-15(10-14-8-6-5-7-9-14)17(4)21(13(3)24)20-16(25-17)19-12(2)23/h5-9,15H,10H2,1-4H3,(H,18,22)(H,19,20,23). The third kappa shape index (κ3) is 4.60. The first-order valence-electron chi connectivity index (χ1n) is 7.89. The average molecular weight is 362 g/mol. The molecule has 25 heavy (non-hydrogen) atoms. The van der Waals surface area contributed by atoms with Crippen LogP contribution in [-0.4, -0.2) is 38.8 Å². The Bertz CT molecular complexity index is 707. The predicted octanol–water partition coefficient (Wildman–Crippen LogP) is 1.45. The molecule has 0 spiro atoms. The Morgan fingerprint density at radius 1 is 1.16 bits per heavy atom. The lowest BCUT2D eigenvalue weighted by atomic mass is 9.99. The first kappa shape index (κ1) is 19.0. The molecular formula is C17H22N4O3S. The fraction of sp³-hybridized carbons (Fsp3) is 0.412. The van der Waals surface area contributed by atoms with E-state index in [1.807, 2.05) is 37.3 Å². The summed E-state index contributed by atoms with van der Waals surface area (Å²) >= 11 is 1.26. The summed E-state index contributed by atoms with van der Waals surface area (Å²) in [7, 11) is 0. The number of nitrogens with one attached hydrogen (secondary N) is 2. The van der Waals surface area contributed by atoms with Crippen molar-refractivity contribution in [3.63, 3.8) is 0 Å². The largest absolute Gasteiger partial charge is 0.350 e.